The molecule has 2 aromatic rings. The largest absolute Gasteiger partial charge is 0.380 e. The van der Waals surface area contributed by atoms with Crippen LogP contribution in [0.15, 0.2) is 48.5 Å². The van der Waals surface area contributed by atoms with Crippen molar-refractivity contribution in [3.05, 3.63) is 70.8 Å². The topological polar surface area (TPSA) is 83.8 Å². The lowest BCUT2D eigenvalue weighted by molar-refractivity contribution is -0.144. The van der Waals surface area contributed by atoms with Gasteiger partial charge in [0.1, 0.15) is 11.7 Å². The number of carbonyl (C=O) groups is 2. The van der Waals surface area contributed by atoms with Crippen molar-refractivity contribution in [3.63, 3.8) is 0 Å². The number of rotatable bonds is 5. The van der Waals surface area contributed by atoms with Crippen LogP contribution in [0.3, 0.4) is 0 Å². The van der Waals surface area contributed by atoms with Crippen LogP contribution < -0.4 is 0 Å². The molecule has 0 amide bonds. The van der Waals surface area contributed by atoms with Crippen molar-refractivity contribution in [2.24, 2.45) is 0 Å². The van der Waals surface area contributed by atoms with Crippen LogP contribution in [-0.2, 0) is 9.53 Å². The van der Waals surface area contributed by atoms with Crippen molar-refractivity contribution in [3.8, 4) is 0 Å². The van der Waals surface area contributed by atoms with Gasteiger partial charge in [0, 0.05) is 12.0 Å². The standard InChI is InChI=1S/C21H21ClO5/c1-12-7-3-5-9-14(12)17(23)18(24)20-21(26,11-16(22)27-20)19(25)15-10-6-4-8-13(15)2/h3-10,16-17,20,23,26H,11H2,1-2H3/t16-,17?,20-,21-/m1/s1. The Morgan fingerprint density at radius 1 is 1.11 bits per heavy atom. The maximum Gasteiger partial charge on any atom is 0.197 e. The van der Waals surface area contributed by atoms with Gasteiger partial charge in [-0.1, -0.05) is 60.1 Å². The lowest BCUT2D eigenvalue weighted by atomic mass is 9.81. The average molecular weight is 389 g/mol. The lowest BCUT2D eigenvalue weighted by Crippen LogP contribution is -2.51. The Kier molecular flexibility index (Phi) is 5.49. The van der Waals surface area contributed by atoms with Gasteiger partial charge in [-0.25, -0.2) is 0 Å². The summed E-state index contributed by atoms with van der Waals surface area (Å²) in [6.07, 6.45) is -3.32. The molecule has 1 heterocycles. The van der Waals surface area contributed by atoms with Crippen LogP contribution in [0.1, 0.15) is 39.6 Å². The number of carbonyl (C=O) groups excluding carboxylic acids is 2. The second-order valence-electron chi connectivity index (χ2n) is 6.86. The highest BCUT2D eigenvalue weighted by molar-refractivity contribution is 6.21. The van der Waals surface area contributed by atoms with Crippen LogP contribution in [0.25, 0.3) is 0 Å². The van der Waals surface area contributed by atoms with E-state index in [1.54, 1.807) is 62.4 Å². The monoisotopic (exact) mass is 388 g/mol. The van der Waals surface area contributed by atoms with E-state index in [0.717, 1.165) is 0 Å². The molecule has 0 bridgehead atoms. The maximum absolute atomic E-state index is 13.1. The fourth-order valence-corrected chi connectivity index (χ4v) is 3.76. The average Bonchev–Trinajstić information content (AvgIpc) is 2.96. The summed E-state index contributed by atoms with van der Waals surface area (Å²) in [4.78, 5) is 26.0. The summed E-state index contributed by atoms with van der Waals surface area (Å²) in [5, 5.41) is 21.7. The first-order valence-electron chi connectivity index (χ1n) is 8.65. The zero-order valence-corrected chi connectivity index (χ0v) is 15.8. The molecule has 1 aliphatic heterocycles. The van der Waals surface area contributed by atoms with E-state index in [2.05, 4.69) is 0 Å². The molecule has 0 radical (unpaired) electrons. The Labute approximate surface area is 162 Å². The molecule has 1 unspecified atom stereocenters. The number of ether oxygens (including phenoxy) is 1. The van der Waals surface area contributed by atoms with Crippen LogP contribution >= 0.6 is 11.6 Å². The number of hydrogen-bond acceptors (Lipinski definition) is 5. The Bertz CT molecular complexity index is 880. The highest BCUT2D eigenvalue weighted by atomic mass is 35.5. The molecule has 5 nitrogen and oxygen atoms in total. The molecule has 2 aromatic carbocycles. The molecule has 1 fully saturated rings. The lowest BCUT2D eigenvalue weighted by Gasteiger charge is -2.28. The van der Waals surface area contributed by atoms with Crippen LogP contribution in [0.5, 0.6) is 0 Å². The van der Waals surface area contributed by atoms with Gasteiger partial charge in [0.2, 0.25) is 0 Å². The van der Waals surface area contributed by atoms with E-state index in [1.807, 2.05) is 0 Å². The second kappa shape index (κ2) is 7.52. The van der Waals surface area contributed by atoms with E-state index < -0.39 is 34.9 Å². The molecule has 1 saturated heterocycles. The minimum Gasteiger partial charge on any atom is -0.380 e. The molecule has 0 aromatic heterocycles. The number of ketones is 2. The number of hydrogen-bond donors (Lipinski definition) is 2. The molecule has 6 heteroatoms. The summed E-state index contributed by atoms with van der Waals surface area (Å²) in [6.45, 7) is 3.50. The van der Waals surface area contributed by atoms with Gasteiger partial charge >= 0.3 is 0 Å². The third kappa shape index (κ3) is 3.56. The number of aliphatic hydroxyl groups excluding tert-OH is 1. The van der Waals surface area contributed by atoms with Gasteiger partial charge in [-0.15, -0.1) is 0 Å². The van der Waals surface area contributed by atoms with Crippen LogP contribution in [-0.4, -0.2) is 39.0 Å². The highest BCUT2D eigenvalue weighted by Crippen LogP contribution is 2.38. The Morgan fingerprint density at radius 2 is 1.70 bits per heavy atom. The summed E-state index contributed by atoms with van der Waals surface area (Å²) < 4.78 is 5.39. The number of benzene rings is 2. The maximum atomic E-state index is 13.1. The molecule has 0 saturated carbocycles. The molecule has 2 N–H and O–H groups in total. The number of aryl methyl sites for hydroxylation is 2. The van der Waals surface area contributed by atoms with Gasteiger partial charge in [0.15, 0.2) is 23.3 Å². The molecular formula is C21H21ClO5. The van der Waals surface area contributed by atoms with E-state index in [-0.39, 0.29) is 12.0 Å². The van der Waals surface area contributed by atoms with E-state index in [1.165, 1.54) is 0 Å². The first-order valence-corrected chi connectivity index (χ1v) is 9.09. The van der Waals surface area contributed by atoms with Gasteiger partial charge in [0.25, 0.3) is 0 Å². The third-order valence-corrected chi connectivity index (χ3v) is 5.24. The van der Waals surface area contributed by atoms with Crippen molar-refractivity contribution in [1.82, 2.24) is 0 Å². The third-order valence-electron chi connectivity index (χ3n) is 4.98. The number of aliphatic hydroxyl groups is 2. The van der Waals surface area contributed by atoms with Gasteiger partial charge in [-0.05, 0) is 30.5 Å². The van der Waals surface area contributed by atoms with Crippen LogP contribution in [0, 0.1) is 13.8 Å². The number of Topliss-reactive ketones (excluding diaryl/α,β-unsaturated/α-hetero) is 2. The first-order chi connectivity index (χ1) is 12.8. The first kappa shape index (κ1) is 19.7. The molecule has 0 aliphatic carbocycles. The fraction of sp³-hybridized carbons (Fsp3) is 0.333. The van der Waals surface area contributed by atoms with E-state index in [0.29, 0.717) is 16.7 Å². The molecule has 1 aliphatic rings. The quantitative estimate of drug-likeness (QED) is 0.607. The smallest absolute Gasteiger partial charge is 0.197 e. The van der Waals surface area contributed by atoms with Crippen molar-refractivity contribution in [2.75, 3.05) is 0 Å². The Balaban J connectivity index is 1.96. The van der Waals surface area contributed by atoms with Gasteiger partial charge < -0.3 is 14.9 Å². The van der Waals surface area contributed by atoms with E-state index in [4.69, 9.17) is 16.3 Å². The summed E-state index contributed by atoms with van der Waals surface area (Å²) in [7, 11) is 0. The van der Waals surface area contributed by atoms with Gasteiger partial charge in [0.05, 0.1) is 0 Å². The molecule has 142 valence electrons. The number of alkyl halides is 1. The molecular weight excluding hydrogens is 368 g/mol. The summed E-state index contributed by atoms with van der Waals surface area (Å²) in [5.74, 6) is -1.43. The zero-order chi connectivity index (χ0) is 19.8. The molecule has 3 rings (SSSR count). The van der Waals surface area contributed by atoms with Crippen LogP contribution in [0.2, 0.25) is 0 Å². The normalized spacial score (nSPS) is 26.0. The minimum atomic E-state index is -2.14. The van der Waals surface area contributed by atoms with Gasteiger partial charge in [-0.3, -0.25) is 9.59 Å². The highest BCUT2D eigenvalue weighted by Gasteiger charge is 2.57. The summed E-state index contributed by atoms with van der Waals surface area (Å²) in [6, 6.07) is 13.6. The number of halogens is 1. The molecule has 0 spiro atoms. The second-order valence-corrected chi connectivity index (χ2v) is 7.35. The Morgan fingerprint density at radius 3 is 2.33 bits per heavy atom. The van der Waals surface area contributed by atoms with E-state index >= 15 is 0 Å². The predicted molar refractivity (Wildman–Crippen MR) is 101 cm³/mol. The minimum absolute atomic E-state index is 0.237. The molecule has 27 heavy (non-hydrogen) atoms. The zero-order valence-electron chi connectivity index (χ0n) is 15.1. The van der Waals surface area contributed by atoms with Crippen molar-refractivity contribution in [2.45, 2.75) is 43.6 Å². The summed E-state index contributed by atoms with van der Waals surface area (Å²) >= 11 is 6.02. The Hall–Kier alpha value is -2.05. The summed E-state index contributed by atoms with van der Waals surface area (Å²) in [5.41, 5.74) is -1.08. The van der Waals surface area contributed by atoms with Gasteiger partial charge in [-0.2, -0.15) is 0 Å². The van der Waals surface area contributed by atoms with Crippen LogP contribution in [0.4, 0.5) is 0 Å². The fourth-order valence-electron chi connectivity index (χ4n) is 3.43. The van der Waals surface area contributed by atoms with E-state index in [9.17, 15) is 19.8 Å². The SMILES string of the molecule is Cc1ccccc1C(=O)[C@]1(O)C[C@H](Cl)O[C@@H]1C(=O)C(O)c1ccccc1C. The predicted octanol–water partition coefficient (Wildman–Crippen LogP) is 2.87. The van der Waals surface area contributed by atoms with Crippen molar-refractivity contribution >= 4 is 23.2 Å². The van der Waals surface area contributed by atoms with Crippen molar-refractivity contribution in [1.29, 1.82) is 0 Å². The van der Waals surface area contributed by atoms with Crippen molar-refractivity contribution < 1.29 is 24.5 Å². The molecule has 4 atom stereocenters.